The number of amides is 3. The molecule has 3 amide bonds. The van der Waals surface area contributed by atoms with E-state index in [1.807, 2.05) is 11.8 Å². The molecule has 0 aromatic carbocycles. The molecule has 3 fully saturated rings. The zero-order valence-electron chi connectivity index (χ0n) is 14.4. The number of carbonyl (C=O) groups is 3. The summed E-state index contributed by atoms with van der Waals surface area (Å²) < 4.78 is 0. The number of urea groups is 1. The number of thioether (sulfide) groups is 1. The van der Waals surface area contributed by atoms with Crippen molar-refractivity contribution in [3.05, 3.63) is 0 Å². The third kappa shape index (κ3) is 4.22. The number of hydrogen-bond acceptors (Lipinski definition) is 4. The normalized spacial score (nSPS) is 30.2. The zero-order valence-corrected chi connectivity index (χ0v) is 15.2. The minimum atomic E-state index is -1.05. The minimum absolute atomic E-state index is 0.0777. The van der Waals surface area contributed by atoms with E-state index in [-0.39, 0.29) is 24.0 Å². The van der Waals surface area contributed by atoms with Gasteiger partial charge >= 0.3 is 12.0 Å². The first-order valence-electron chi connectivity index (χ1n) is 9.23. The molecule has 0 aromatic heterocycles. The number of rotatable bonds is 7. The summed E-state index contributed by atoms with van der Waals surface area (Å²) in [6.07, 6.45) is 6.79. The van der Waals surface area contributed by atoms with Crippen LogP contribution in [-0.2, 0) is 9.59 Å². The molecule has 2 aliphatic heterocycles. The monoisotopic (exact) mass is 369 g/mol. The van der Waals surface area contributed by atoms with Crippen molar-refractivity contribution in [1.29, 1.82) is 0 Å². The van der Waals surface area contributed by atoms with Crippen LogP contribution in [0.4, 0.5) is 4.79 Å². The van der Waals surface area contributed by atoms with E-state index >= 15 is 0 Å². The molecule has 0 radical (unpaired) electrons. The lowest BCUT2D eigenvalue weighted by molar-refractivity contribution is -0.149. The Morgan fingerprint density at radius 3 is 2.68 bits per heavy atom. The van der Waals surface area contributed by atoms with E-state index in [0.29, 0.717) is 24.5 Å². The number of carbonyl (C=O) groups excluding carboxylic acids is 2. The summed E-state index contributed by atoms with van der Waals surface area (Å²) in [4.78, 5) is 35.1. The van der Waals surface area contributed by atoms with Gasteiger partial charge in [0.25, 0.3) is 0 Å². The number of fused-ring (bicyclic) bond motifs is 1. The van der Waals surface area contributed by atoms with Crippen molar-refractivity contribution in [2.24, 2.45) is 0 Å². The van der Waals surface area contributed by atoms with Gasteiger partial charge in [0.1, 0.15) is 5.54 Å². The highest BCUT2D eigenvalue weighted by Gasteiger charge is 2.43. The van der Waals surface area contributed by atoms with E-state index < -0.39 is 11.5 Å². The van der Waals surface area contributed by atoms with Gasteiger partial charge in [-0.3, -0.25) is 4.79 Å². The third-order valence-corrected chi connectivity index (χ3v) is 7.08. The molecule has 25 heavy (non-hydrogen) atoms. The van der Waals surface area contributed by atoms with Crippen molar-refractivity contribution in [3.63, 3.8) is 0 Å². The molecule has 0 spiro atoms. The Morgan fingerprint density at radius 1 is 1.20 bits per heavy atom. The molecule has 2 heterocycles. The van der Waals surface area contributed by atoms with Gasteiger partial charge < -0.3 is 21.1 Å². The molecule has 8 heteroatoms. The molecular formula is C17H27N3O4S. The van der Waals surface area contributed by atoms with Gasteiger partial charge in [0.2, 0.25) is 5.91 Å². The Balaban J connectivity index is 1.38. The summed E-state index contributed by atoms with van der Waals surface area (Å²) in [6.45, 7) is 0. The Kier molecular flexibility index (Phi) is 5.76. The number of carboxylic acids is 1. The maximum atomic E-state index is 12.2. The number of aliphatic carboxylic acids is 1. The van der Waals surface area contributed by atoms with E-state index in [1.165, 1.54) is 0 Å². The first-order valence-corrected chi connectivity index (χ1v) is 10.3. The SMILES string of the molecule is O=C(CCCC[C@@H]1SC[C@@H]2NC(=O)N[C@@H]21)NC1(C(=O)O)CCCCC1. The van der Waals surface area contributed by atoms with Gasteiger partial charge in [0, 0.05) is 17.4 Å². The molecule has 0 aromatic rings. The molecule has 2 saturated heterocycles. The molecule has 1 aliphatic carbocycles. The molecule has 0 unspecified atom stereocenters. The van der Waals surface area contributed by atoms with Gasteiger partial charge in [-0.15, -0.1) is 0 Å². The lowest BCUT2D eigenvalue weighted by Gasteiger charge is -2.34. The number of unbranched alkanes of at least 4 members (excludes halogenated alkanes) is 1. The summed E-state index contributed by atoms with van der Waals surface area (Å²) in [5, 5.41) is 18.6. The number of hydrogen-bond donors (Lipinski definition) is 4. The summed E-state index contributed by atoms with van der Waals surface area (Å²) in [5.41, 5.74) is -1.05. The van der Waals surface area contributed by atoms with Crippen LogP contribution >= 0.6 is 11.8 Å². The van der Waals surface area contributed by atoms with Crippen LogP contribution in [0.5, 0.6) is 0 Å². The Labute approximate surface area is 152 Å². The van der Waals surface area contributed by atoms with Crippen LogP contribution in [0.2, 0.25) is 0 Å². The smallest absolute Gasteiger partial charge is 0.329 e. The lowest BCUT2D eigenvalue weighted by Crippen LogP contribution is -2.55. The van der Waals surface area contributed by atoms with Gasteiger partial charge in [-0.1, -0.05) is 25.7 Å². The predicted molar refractivity (Wildman–Crippen MR) is 95.6 cm³/mol. The van der Waals surface area contributed by atoms with Crippen molar-refractivity contribution in [2.75, 3.05) is 5.75 Å². The van der Waals surface area contributed by atoms with Crippen LogP contribution < -0.4 is 16.0 Å². The van der Waals surface area contributed by atoms with Crippen molar-refractivity contribution >= 4 is 29.7 Å². The van der Waals surface area contributed by atoms with E-state index in [9.17, 15) is 19.5 Å². The number of carboxylic acid groups (broad SMARTS) is 1. The maximum Gasteiger partial charge on any atom is 0.329 e. The van der Waals surface area contributed by atoms with Crippen LogP contribution in [0, 0.1) is 0 Å². The minimum Gasteiger partial charge on any atom is -0.480 e. The third-order valence-electron chi connectivity index (χ3n) is 5.58. The topological polar surface area (TPSA) is 108 Å². The Hall–Kier alpha value is -1.44. The first kappa shape index (κ1) is 18.4. The van der Waals surface area contributed by atoms with Gasteiger partial charge in [-0.2, -0.15) is 11.8 Å². The van der Waals surface area contributed by atoms with Gasteiger partial charge in [-0.05, 0) is 25.7 Å². The molecule has 0 bridgehead atoms. The summed E-state index contributed by atoms with van der Waals surface area (Å²) in [6, 6.07) is 0.350. The van der Waals surface area contributed by atoms with Gasteiger partial charge in [-0.25, -0.2) is 9.59 Å². The van der Waals surface area contributed by atoms with Crippen molar-refractivity contribution in [2.45, 2.75) is 80.7 Å². The lowest BCUT2D eigenvalue weighted by atomic mass is 9.81. The Bertz CT molecular complexity index is 536. The highest BCUT2D eigenvalue weighted by molar-refractivity contribution is 8.00. The summed E-state index contributed by atoms with van der Waals surface area (Å²) in [7, 11) is 0. The largest absolute Gasteiger partial charge is 0.480 e. The molecule has 1 saturated carbocycles. The molecule has 3 aliphatic rings. The van der Waals surface area contributed by atoms with E-state index in [1.54, 1.807) is 0 Å². The van der Waals surface area contributed by atoms with Crippen LogP contribution in [0.15, 0.2) is 0 Å². The van der Waals surface area contributed by atoms with Gasteiger partial charge in [0.15, 0.2) is 0 Å². The van der Waals surface area contributed by atoms with E-state index in [2.05, 4.69) is 16.0 Å². The van der Waals surface area contributed by atoms with Crippen molar-refractivity contribution < 1.29 is 19.5 Å². The summed E-state index contributed by atoms with van der Waals surface area (Å²) in [5.74, 6) is -0.120. The van der Waals surface area contributed by atoms with Crippen molar-refractivity contribution in [3.8, 4) is 0 Å². The van der Waals surface area contributed by atoms with Crippen molar-refractivity contribution in [1.82, 2.24) is 16.0 Å². The Morgan fingerprint density at radius 2 is 1.96 bits per heavy atom. The average molecular weight is 369 g/mol. The molecule has 3 atom stereocenters. The second-order valence-electron chi connectivity index (χ2n) is 7.36. The quantitative estimate of drug-likeness (QED) is 0.403. The standard InChI is InChI=1S/C17H27N3O4S/c21-13(20-17(15(22)23)8-4-1-5-9-17)7-3-2-6-12-14-11(10-25-12)18-16(24)19-14/h11-12,14H,1-10H2,(H,20,21)(H,22,23)(H2,18,19,24)/t11-,12-,14-/m0/s1. The molecule has 140 valence electrons. The van der Waals surface area contributed by atoms with Crippen LogP contribution in [0.25, 0.3) is 0 Å². The predicted octanol–water partition coefficient (Wildman–Crippen LogP) is 1.62. The van der Waals surface area contributed by atoms with Crippen LogP contribution in [0.1, 0.15) is 57.8 Å². The van der Waals surface area contributed by atoms with Gasteiger partial charge in [0.05, 0.1) is 12.1 Å². The second-order valence-corrected chi connectivity index (χ2v) is 8.64. The molecule has 3 rings (SSSR count). The molecular weight excluding hydrogens is 342 g/mol. The average Bonchev–Trinajstić information content (AvgIpc) is 3.12. The summed E-state index contributed by atoms with van der Waals surface area (Å²) >= 11 is 1.87. The highest BCUT2D eigenvalue weighted by atomic mass is 32.2. The first-order chi connectivity index (χ1) is 12.0. The molecule has 4 N–H and O–H groups in total. The second kappa shape index (κ2) is 7.85. The highest BCUT2D eigenvalue weighted by Crippen LogP contribution is 2.33. The van der Waals surface area contributed by atoms with Crippen LogP contribution in [0.3, 0.4) is 0 Å². The maximum absolute atomic E-state index is 12.2. The zero-order chi connectivity index (χ0) is 17.9. The van der Waals surface area contributed by atoms with E-state index in [4.69, 9.17) is 0 Å². The number of nitrogens with one attached hydrogen (secondary N) is 3. The fraction of sp³-hybridized carbons (Fsp3) is 0.824. The molecule has 7 nitrogen and oxygen atoms in total. The fourth-order valence-electron chi connectivity index (χ4n) is 4.15. The van der Waals surface area contributed by atoms with E-state index in [0.717, 1.165) is 44.3 Å². The van der Waals surface area contributed by atoms with Crippen LogP contribution in [-0.4, -0.2) is 51.6 Å². The fourth-order valence-corrected chi connectivity index (χ4v) is 5.69.